The third kappa shape index (κ3) is 3.37. The molecule has 3 heterocycles. The van der Waals surface area contributed by atoms with Crippen LogP contribution in [-0.2, 0) is 4.79 Å². The van der Waals surface area contributed by atoms with Crippen molar-refractivity contribution in [2.24, 2.45) is 0 Å². The summed E-state index contributed by atoms with van der Waals surface area (Å²) in [7, 11) is 0. The van der Waals surface area contributed by atoms with Crippen molar-refractivity contribution in [2.45, 2.75) is 33.2 Å². The summed E-state index contributed by atoms with van der Waals surface area (Å²) in [6.45, 7) is 6.88. The molecule has 2 aromatic rings. The van der Waals surface area contributed by atoms with E-state index in [-0.39, 0.29) is 17.8 Å². The molecule has 1 N–H and O–H groups in total. The SMILES string of the molecule is Cc1oc(NC(=O)C(C)N2CCC=C(c3ccco3)C2)c(C#N)c1C. The minimum atomic E-state index is -0.351. The predicted molar refractivity (Wildman–Crippen MR) is 93.9 cm³/mol. The van der Waals surface area contributed by atoms with Crippen molar-refractivity contribution in [3.05, 3.63) is 47.1 Å². The number of carbonyl (C=O) groups excluding carboxylic acids is 1. The van der Waals surface area contributed by atoms with Crippen molar-refractivity contribution in [1.29, 1.82) is 5.26 Å². The van der Waals surface area contributed by atoms with Crippen molar-refractivity contribution in [2.75, 3.05) is 18.4 Å². The molecule has 0 saturated carbocycles. The van der Waals surface area contributed by atoms with Crippen LogP contribution < -0.4 is 5.32 Å². The fraction of sp³-hybridized carbons (Fsp3) is 0.368. The second kappa shape index (κ2) is 6.99. The van der Waals surface area contributed by atoms with Gasteiger partial charge >= 0.3 is 0 Å². The first-order valence-corrected chi connectivity index (χ1v) is 8.29. The van der Waals surface area contributed by atoms with E-state index in [0.717, 1.165) is 29.9 Å². The van der Waals surface area contributed by atoms with Gasteiger partial charge in [0.25, 0.3) is 0 Å². The summed E-state index contributed by atoms with van der Waals surface area (Å²) in [5, 5.41) is 12.0. The first kappa shape index (κ1) is 17.1. The molecule has 0 spiro atoms. The molecular weight excluding hydrogens is 318 g/mol. The van der Waals surface area contributed by atoms with Gasteiger partial charge in [0.15, 0.2) is 0 Å². The van der Waals surface area contributed by atoms with Crippen LogP contribution in [0.5, 0.6) is 0 Å². The van der Waals surface area contributed by atoms with Crippen LogP contribution in [0.1, 0.15) is 36.0 Å². The second-order valence-corrected chi connectivity index (χ2v) is 6.23. The Labute approximate surface area is 146 Å². The number of hydrogen-bond acceptors (Lipinski definition) is 5. The van der Waals surface area contributed by atoms with Gasteiger partial charge in [-0.2, -0.15) is 5.26 Å². The van der Waals surface area contributed by atoms with Gasteiger partial charge in [0.05, 0.1) is 12.3 Å². The van der Waals surface area contributed by atoms with Crippen molar-refractivity contribution in [3.63, 3.8) is 0 Å². The highest BCUT2D eigenvalue weighted by Gasteiger charge is 2.27. The molecule has 0 fully saturated rings. The lowest BCUT2D eigenvalue weighted by atomic mass is 10.1. The van der Waals surface area contributed by atoms with E-state index in [1.165, 1.54) is 0 Å². The first-order valence-electron chi connectivity index (χ1n) is 8.29. The van der Waals surface area contributed by atoms with Crippen LogP contribution in [0.4, 0.5) is 5.88 Å². The Bertz CT molecular complexity index is 840. The summed E-state index contributed by atoms with van der Waals surface area (Å²) in [4.78, 5) is 14.7. The molecule has 3 rings (SSSR count). The monoisotopic (exact) mass is 339 g/mol. The summed E-state index contributed by atoms with van der Waals surface area (Å²) in [6, 6.07) is 5.52. The van der Waals surface area contributed by atoms with E-state index < -0.39 is 0 Å². The Balaban J connectivity index is 1.70. The largest absolute Gasteiger partial charge is 0.465 e. The van der Waals surface area contributed by atoms with E-state index in [0.29, 0.717) is 17.9 Å². The number of carbonyl (C=O) groups is 1. The first-order chi connectivity index (χ1) is 12.0. The number of nitriles is 1. The number of anilines is 1. The van der Waals surface area contributed by atoms with Gasteiger partial charge in [-0.3, -0.25) is 15.0 Å². The Kier molecular flexibility index (Phi) is 4.77. The molecule has 1 amide bonds. The summed E-state index contributed by atoms with van der Waals surface area (Å²) in [6.07, 6.45) is 4.65. The zero-order valence-electron chi connectivity index (χ0n) is 14.6. The minimum Gasteiger partial charge on any atom is -0.465 e. The van der Waals surface area contributed by atoms with Gasteiger partial charge in [-0.25, -0.2) is 0 Å². The Morgan fingerprint density at radius 1 is 1.44 bits per heavy atom. The van der Waals surface area contributed by atoms with Crippen LogP contribution >= 0.6 is 0 Å². The molecule has 0 saturated heterocycles. The van der Waals surface area contributed by atoms with E-state index in [2.05, 4.69) is 22.4 Å². The molecule has 0 aromatic carbocycles. The second-order valence-electron chi connectivity index (χ2n) is 6.23. The van der Waals surface area contributed by atoms with Gasteiger partial charge in [-0.1, -0.05) is 6.08 Å². The van der Waals surface area contributed by atoms with Crippen LogP contribution in [0.15, 0.2) is 33.3 Å². The van der Waals surface area contributed by atoms with E-state index in [1.807, 2.05) is 26.0 Å². The lowest BCUT2D eigenvalue weighted by molar-refractivity contribution is -0.120. The molecule has 0 aliphatic carbocycles. The highest BCUT2D eigenvalue weighted by molar-refractivity contribution is 5.94. The number of hydrogen-bond donors (Lipinski definition) is 1. The fourth-order valence-electron chi connectivity index (χ4n) is 2.97. The van der Waals surface area contributed by atoms with Gasteiger partial charge < -0.3 is 8.83 Å². The van der Waals surface area contributed by atoms with Gasteiger partial charge in [0, 0.05) is 24.2 Å². The third-order valence-electron chi connectivity index (χ3n) is 4.68. The molecule has 1 aliphatic rings. The molecule has 25 heavy (non-hydrogen) atoms. The number of rotatable bonds is 4. The van der Waals surface area contributed by atoms with Gasteiger partial charge in [0.1, 0.15) is 23.2 Å². The summed E-state index contributed by atoms with van der Waals surface area (Å²) >= 11 is 0. The maximum atomic E-state index is 12.6. The smallest absolute Gasteiger partial charge is 0.243 e. The minimum absolute atomic E-state index is 0.189. The average molecular weight is 339 g/mol. The van der Waals surface area contributed by atoms with E-state index in [1.54, 1.807) is 13.2 Å². The lowest BCUT2D eigenvalue weighted by Crippen LogP contribution is -2.44. The van der Waals surface area contributed by atoms with Gasteiger partial charge in [0.2, 0.25) is 11.8 Å². The van der Waals surface area contributed by atoms with Crippen LogP contribution in [0.2, 0.25) is 0 Å². The summed E-state index contributed by atoms with van der Waals surface area (Å²) in [5.74, 6) is 1.51. The normalized spacial score (nSPS) is 16.2. The topological polar surface area (TPSA) is 82.4 Å². The van der Waals surface area contributed by atoms with Crippen LogP contribution in [-0.4, -0.2) is 29.9 Å². The molecule has 0 bridgehead atoms. The van der Waals surface area contributed by atoms with E-state index in [4.69, 9.17) is 8.83 Å². The Hall–Kier alpha value is -2.78. The maximum absolute atomic E-state index is 12.6. The van der Waals surface area contributed by atoms with E-state index in [9.17, 15) is 10.1 Å². The zero-order chi connectivity index (χ0) is 18.0. The highest BCUT2D eigenvalue weighted by atomic mass is 16.4. The number of nitrogens with zero attached hydrogens (tertiary/aromatic N) is 2. The van der Waals surface area contributed by atoms with Crippen LogP contribution in [0.25, 0.3) is 5.57 Å². The van der Waals surface area contributed by atoms with Gasteiger partial charge in [-0.05, 0) is 39.3 Å². The van der Waals surface area contributed by atoms with Crippen LogP contribution in [0.3, 0.4) is 0 Å². The molecule has 1 atom stereocenters. The Morgan fingerprint density at radius 3 is 2.92 bits per heavy atom. The predicted octanol–water partition coefficient (Wildman–Crippen LogP) is 3.48. The summed E-state index contributed by atoms with van der Waals surface area (Å²) < 4.78 is 11.0. The van der Waals surface area contributed by atoms with Crippen molar-refractivity contribution in [3.8, 4) is 6.07 Å². The number of furan rings is 2. The maximum Gasteiger partial charge on any atom is 0.243 e. The van der Waals surface area contributed by atoms with Gasteiger partial charge in [-0.15, -0.1) is 0 Å². The molecule has 1 unspecified atom stereocenters. The zero-order valence-corrected chi connectivity index (χ0v) is 14.6. The number of aryl methyl sites for hydroxylation is 1. The molecule has 0 radical (unpaired) electrons. The molecule has 6 heteroatoms. The van der Waals surface area contributed by atoms with Crippen molar-refractivity contribution in [1.82, 2.24) is 4.90 Å². The summed E-state index contributed by atoms with van der Waals surface area (Å²) in [5.41, 5.74) is 2.22. The average Bonchev–Trinajstić information content (AvgIpc) is 3.24. The Morgan fingerprint density at radius 2 is 2.24 bits per heavy atom. The molecular formula is C19H21N3O3. The molecule has 1 aliphatic heterocycles. The molecule has 2 aromatic heterocycles. The quantitative estimate of drug-likeness (QED) is 0.922. The van der Waals surface area contributed by atoms with Crippen LogP contribution in [0, 0.1) is 25.2 Å². The van der Waals surface area contributed by atoms with E-state index >= 15 is 0 Å². The third-order valence-corrected chi connectivity index (χ3v) is 4.68. The number of nitrogens with one attached hydrogen (secondary N) is 1. The lowest BCUT2D eigenvalue weighted by Gasteiger charge is -2.31. The van der Waals surface area contributed by atoms with Crippen molar-refractivity contribution < 1.29 is 13.6 Å². The fourth-order valence-corrected chi connectivity index (χ4v) is 2.97. The van der Waals surface area contributed by atoms with Crippen molar-refractivity contribution >= 4 is 17.4 Å². The highest BCUT2D eigenvalue weighted by Crippen LogP contribution is 2.26. The standard InChI is InChI=1S/C19H21N3O3/c1-12-14(3)25-19(16(12)10-20)21-18(23)13(2)22-8-4-6-15(11-22)17-7-5-9-24-17/h5-7,9,13H,4,8,11H2,1-3H3,(H,21,23). The molecule has 130 valence electrons. The molecule has 6 nitrogen and oxygen atoms in total. The number of amides is 1.